The first kappa shape index (κ1) is 31.6. The summed E-state index contributed by atoms with van der Waals surface area (Å²) in [6, 6.07) is 11.3. The summed E-state index contributed by atoms with van der Waals surface area (Å²) in [7, 11) is 3.49. The van der Waals surface area contributed by atoms with E-state index in [-0.39, 0.29) is 40.7 Å². The maximum Gasteiger partial charge on any atom is 0.253 e. The third-order valence-corrected chi connectivity index (χ3v) is 7.76. The first-order valence-corrected chi connectivity index (χ1v) is 14.7. The fourth-order valence-corrected chi connectivity index (χ4v) is 5.63. The average Bonchev–Trinajstić information content (AvgIpc) is 3.17. The van der Waals surface area contributed by atoms with E-state index in [1.165, 1.54) is 0 Å². The molecule has 0 bridgehead atoms. The van der Waals surface area contributed by atoms with Crippen LogP contribution in [0.3, 0.4) is 0 Å². The molecule has 2 aromatic carbocycles. The highest BCUT2D eigenvalue weighted by Crippen LogP contribution is 2.40. The molecular weight excluding hydrogens is 566 g/mol. The molecule has 6 nitrogen and oxygen atoms in total. The van der Waals surface area contributed by atoms with Crippen molar-refractivity contribution in [3.05, 3.63) is 69.8 Å². The van der Waals surface area contributed by atoms with E-state index in [9.17, 15) is 14.7 Å². The molecule has 7 heteroatoms. The molecule has 1 aliphatic heterocycles. The lowest BCUT2D eigenvalue weighted by Gasteiger charge is -2.28. The number of phenols is 1. The molecule has 1 saturated heterocycles. The van der Waals surface area contributed by atoms with Crippen LogP contribution < -0.4 is 0 Å². The van der Waals surface area contributed by atoms with Gasteiger partial charge in [0.15, 0.2) is 5.78 Å². The van der Waals surface area contributed by atoms with Crippen molar-refractivity contribution in [1.29, 1.82) is 0 Å². The number of carbonyl (C=O) groups is 2. The Morgan fingerprint density at radius 2 is 1.57 bits per heavy atom. The van der Waals surface area contributed by atoms with E-state index in [2.05, 4.69) is 33.2 Å². The smallest absolute Gasteiger partial charge is 0.253 e. The van der Waals surface area contributed by atoms with Crippen LogP contribution in [0.5, 0.6) is 5.75 Å². The third kappa shape index (κ3) is 7.03. The van der Waals surface area contributed by atoms with Crippen LogP contribution in [0.25, 0.3) is 6.08 Å². The van der Waals surface area contributed by atoms with Crippen molar-refractivity contribution >= 4 is 39.7 Å². The van der Waals surface area contributed by atoms with Gasteiger partial charge in [-0.25, -0.2) is 0 Å². The Morgan fingerprint density at radius 3 is 2.02 bits per heavy atom. The monoisotopic (exact) mass is 609 g/mol. The molecule has 2 aromatic rings. The number of amidine groups is 1. The van der Waals surface area contributed by atoms with Crippen LogP contribution in [-0.2, 0) is 10.8 Å². The molecular formula is C33H44BrN3O3. The molecule has 1 atom stereocenters. The first-order chi connectivity index (χ1) is 18.6. The van der Waals surface area contributed by atoms with Crippen molar-refractivity contribution in [3.63, 3.8) is 0 Å². The first-order valence-electron chi connectivity index (χ1n) is 14.0. The van der Waals surface area contributed by atoms with Crippen LogP contribution in [0.1, 0.15) is 98.7 Å². The molecule has 0 aliphatic carbocycles. The molecule has 216 valence electrons. The number of ketones is 1. The summed E-state index contributed by atoms with van der Waals surface area (Å²) in [5.74, 6) is 1.22. The second-order valence-corrected chi connectivity index (χ2v) is 13.4. The maximum absolute atomic E-state index is 13.8. The fraction of sp³-hybridized carbons (Fsp3) is 0.485. The Balaban J connectivity index is 1.96. The molecule has 1 N–H and O–H groups in total. The molecule has 3 rings (SSSR count). The van der Waals surface area contributed by atoms with Crippen LogP contribution >= 0.6 is 16.1 Å². The summed E-state index contributed by atoms with van der Waals surface area (Å²) >= 11 is 3.34. The number of benzene rings is 2. The number of carbonyl (C=O) groups excluding carboxylic acids is 2. The lowest BCUT2D eigenvalue weighted by Crippen LogP contribution is -2.32. The largest absolute Gasteiger partial charge is 0.507 e. The van der Waals surface area contributed by atoms with Crippen LogP contribution in [-0.4, -0.2) is 59.6 Å². The van der Waals surface area contributed by atoms with Crippen LogP contribution in [0.15, 0.2) is 46.0 Å². The summed E-state index contributed by atoms with van der Waals surface area (Å²) in [5, 5.41) is 11.1. The topological polar surface area (TPSA) is 73.2 Å². The van der Waals surface area contributed by atoms with Gasteiger partial charge in [-0.05, 0) is 53.2 Å². The lowest BCUT2D eigenvalue weighted by atomic mass is 9.78. The molecule has 1 fully saturated rings. The Bertz CT molecular complexity index is 1280. The predicted octanol–water partition coefficient (Wildman–Crippen LogP) is 7.40. The SMILES string of the molecule is CCCC1CN(CC(=O)c2cc(C(C)(C)C)c(O)c(C(C)(C)C)c2)C(=N\Br)/C1=C/c1ccc(C(=O)N(C)C)cc1. The quantitative estimate of drug-likeness (QED) is 0.332. The minimum absolute atomic E-state index is 0.00676. The lowest BCUT2D eigenvalue weighted by molar-refractivity contribution is 0.0827. The van der Waals surface area contributed by atoms with Gasteiger partial charge in [0.2, 0.25) is 0 Å². The second-order valence-electron chi connectivity index (χ2n) is 13.0. The number of rotatable bonds is 7. The van der Waals surface area contributed by atoms with Crippen LogP contribution in [0.2, 0.25) is 0 Å². The van der Waals surface area contributed by atoms with E-state index in [1.54, 1.807) is 19.0 Å². The Kier molecular flexibility index (Phi) is 9.71. The van der Waals surface area contributed by atoms with Gasteiger partial charge >= 0.3 is 0 Å². The second kappa shape index (κ2) is 12.3. The number of amides is 1. The highest BCUT2D eigenvalue weighted by molar-refractivity contribution is 9.08. The van der Waals surface area contributed by atoms with E-state index >= 15 is 0 Å². The van der Waals surface area contributed by atoms with Gasteiger partial charge in [-0.3, -0.25) is 9.59 Å². The number of likely N-dealkylation sites (tertiary alicyclic amines) is 1. The van der Waals surface area contributed by atoms with E-state index in [0.29, 0.717) is 17.7 Å². The van der Waals surface area contributed by atoms with Gasteiger partial charge in [-0.1, -0.05) is 67.0 Å². The van der Waals surface area contributed by atoms with Gasteiger partial charge in [-0.15, -0.1) is 0 Å². The molecule has 0 saturated carbocycles. The van der Waals surface area contributed by atoms with Crippen molar-refractivity contribution in [2.45, 2.75) is 72.1 Å². The zero-order chi connectivity index (χ0) is 30.0. The summed E-state index contributed by atoms with van der Waals surface area (Å²) < 4.78 is 4.46. The van der Waals surface area contributed by atoms with Gasteiger partial charge < -0.3 is 14.9 Å². The Morgan fingerprint density at radius 1 is 1.02 bits per heavy atom. The number of hydrogen-bond acceptors (Lipinski definition) is 4. The molecule has 0 radical (unpaired) electrons. The molecule has 1 heterocycles. The zero-order valence-electron chi connectivity index (χ0n) is 25.4. The van der Waals surface area contributed by atoms with E-state index in [0.717, 1.165) is 40.9 Å². The summed E-state index contributed by atoms with van der Waals surface area (Å²) in [6.07, 6.45) is 4.10. The number of Topliss-reactive ketones (excluding diaryl/α,β-unsaturated/α-hetero) is 1. The van der Waals surface area contributed by atoms with Gasteiger partial charge in [-0.2, -0.15) is 4.02 Å². The number of phenolic OH excluding ortho intramolecular Hbond substituents is 1. The summed E-state index contributed by atoms with van der Waals surface area (Å²) in [4.78, 5) is 29.7. The highest BCUT2D eigenvalue weighted by atomic mass is 79.9. The van der Waals surface area contributed by atoms with E-state index in [1.807, 2.05) is 82.8 Å². The minimum atomic E-state index is -0.314. The summed E-state index contributed by atoms with van der Waals surface area (Å²) in [6.45, 7) is 15.4. The standard InChI is InChI=1S/C33H44BrN3O3/c1-10-11-23-19-37(30(35-34)25(23)16-21-12-14-22(15-13-21)31(40)36(8)9)20-28(38)24-17-26(32(2,3)4)29(39)27(18-24)33(5,6)7/h12-18,23,39H,10-11,19-20H2,1-9H3/b25-16+,35-30-. The number of aromatic hydroxyl groups is 1. The van der Waals surface area contributed by atoms with Crippen LogP contribution in [0.4, 0.5) is 0 Å². The predicted molar refractivity (Wildman–Crippen MR) is 169 cm³/mol. The fourth-order valence-electron chi connectivity index (χ4n) is 5.20. The Labute approximate surface area is 248 Å². The zero-order valence-corrected chi connectivity index (χ0v) is 27.0. The van der Waals surface area contributed by atoms with Crippen LogP contribution in [0, 0.1) is 5.92 Å². The van der Waals surface area contributed by atoms with Crippen molar-refractivity contribution < 1.29 is 14.7 Å². The normalized spacial score (nSPS) is 18.1. The maximum atomic E-state index is 13.8. The minimum Gasteiger partial charge on any atom is -0.507 e. The molecule has 1 unspecified atom stereocenters. The number of hydrogen-bond donors (Lipinski definition) is 1. The molecule has 1 amide bonds. The summed E-state index contributed by atoms with van der Waals surface area (Å²) in [5.41, 5.74) is 4.23. The van der Waals surface area contributed by atoms with E-state index < -0.39 is 0 Å². The Hall–Kier alpha value is -2.93. The number of nitrogens with zero attached hydrogens (tertiary/aromatic N) is 3. The molecule has 1 aliphatic rings. The van der Waals surface area contributed by atoms with Gasteiger partial charge in [0.1, 0.15) is 11.6 Å². The van der Waals surface area contributed by atoms with Gasteiger partial charge in [0, 0.05) is 54.4 Å². The van der Waals surface area contributed by atoms with Crippen molar-refractivity contribution in [1.82, 2.24) is 9.80 Å². The molecule has 40 heavy (non-hydrogen) atoms. The van der Waals surface area contributed by atoms with E-state index in [4.69, 9.17) is 0 Å². The van der Waals surface area contributed by atoms with Crippen molar-refractivity contribution in [2.75, 3.05) is 27.2 Å². The van der Waals surface area contributed by atoms with Gasteiger partial charge in [0.25, 0.3) is 5.91 Å². The van der Waals surface area contributed by atoms with Crippen molar-refractivity contribution in [2.24, 2.45) is 9.94 Å². The number of halogens is 1. The molecule has 0 aromatic heterocycles. The molecule has 0 spiro atoms. The highest BCUT2D eigenvalue weighted by Gasteiger charge is 2.35. The third-order valence-electron chi connectivity index (χ3n) is 7.42. The van der Waals surface area contributed by atoms with Crippen molar-refractivity contribution in [3.8, 4) is 5.75 Å². The van der Waals surface area contributed by atoms with Gasteiger partial charge in [0.05, 0.1) is 22.7 Å². The average molecular weight is 611 g/mol.